The van der Waals surface area contributed by atoms with Gasteiger partial charge in [-0.1, -0.05) is 29.8 Å². The molecule has 0 radical (unpaired) electrons. The molecule has 0 saturated carbocycles. The maximum atomic E-state index is 13.3. The standard InChI is InChI=1S/C27H25NO5/c1-15-5-10-22(33-4)21(14-15)25(30)23-24(18-6-8-20(29)9-7-18)28(27(32)26(23)31)19-12-16(2)11-17(3)13-19/h5-14,24,29-30H,1-4H3/b25-23+. The van der Waals surface area contributed by atoms with Crippen molar-refractivity contribution in [3.05, 3.63) is 94.1 Å². The molecular weight excluding hydrogens is 418 g/mol. The second kappa shape index (κ2) is 8.47. The highest BCUT2D eigenvalue weighted by Gasteiger charge is 2.47. The smallest absolute Gasteiger partial charge is 0.300 e. The van der Waals surface area contributed by atoms with Crippen molar-refractivity contribution in [2.24, 2.45) is 0 Å². The summed E-state index contributed by atoms with van der Waals surface area (Å²) < 4.78 is 5.41. The Kier molecular flexibility index (Phi) is 5.68. The van der Waals surface area contributed by atoms with Gasteiger partial charge in [-0.3, -0.25) is 14.5 Å². The number of aliphatic hydroxyl groups excluding tert-OH is 1. The number of benzene rings is 3. The predicted octanol–water partition coefficient (Wildman–Crippen LogP) is 4.95. The number of hydrogen-bond acceptors (Lipinski definition) is 5. The molecule has 3 aromatic carbocycles. The lowest BCUT2D eigenvalue weighted by Gasteiger charge is -2.26. The van der Waals surface area contributed by atoms with Crippen LogP contribution in [-0.4, -0.2) is 29.0 Å². The van der Waals surface area contributed by atoms with Gasteiger partial charge >= 0.3 is 0 Å². The van der Waals surface area contributed by atoms with Crippen LogP contribution < -0.4 is 9.64 Å². The van der Waals surface area contributed by atoms with Gasteiger partial charge in [0.2, 0.25) is 0 Å². The van der Waals surface area contributed by atoms with Gasteiger partial charge in [0, 0.05) is 5.69 Å². The quantitative estimate of drug-likeness (QED) is 0.338. The Morgan fingerprint density at radius 3 is 2.12 bits per heavy atom. The van der Waals surface area contributed by atoms with Crippen molar-refractivity contribution in [3.8, 4) is 11.5 Å². The van der Waals surface area contributed by atoms with E-state index in [9.17, 15) is 19.8 Å². The Bertz CT molecular complexity index is 1270. The van der Waals surface area contributed by atoms with Crippen LogP contribution in [0.15, 0.2) is 66.2 Å². The molecule has 0 bridgehead atoms. The second-order valence-electron chi connectivity index (χ2n) is 8.31. The van der Waals surface area contributed by atoms with E-state index >= 15 is 0 Å². The van der Waals surface area contributed by atoms with E-state index in [0.717, 1.165) is 16.7 Å². The Balaban J connectivity index is 2.00. The minimum Gasteiger partial charge on any atom is -0.508 e. The number of phenols is 1. The molecule has 6 nitrogen and oxygen atoms in total. The maximum Gasteiger partial charge on any atom is 0.300 e. The van der Waals surface area contributed by atoms with Crippen LogP contribution >= 0.6 is 0 Å². The highest BCUT2D eigenvalue weighted by molar-refractivity contribution is 6.51. The van der Waals surface area contributed by atoms with Crippen molar-refractivity contribution < 1.29 is 24.5 Å². The molecule has 0 aromatic heterocycles. The molecule has 1 fully saturated rings. The van der Waals surface area contributed by atoms with E-state index in [-0.39, 0.29) is 17.1 Å². The Hall–Kier alpha value is -4.06. The fourth-order valence-electron chi connectivity index (χ4n) is 4.31. The number of ketones is 1. The van der Waals surface area contributed by atoms with Gasteiger partial charge in [0.15, 0.2) is 0 Å². The van der Waals surface area contributed by atoms with E-state index in [1.807, 2.05) is 45.0 Å². The monoisotopic (exact) mass is 443 g/mol. The number of ether oxygens (including phenoxy) is 1. The molecule has 1 aliphatic rings. The fourth-order valence-corrected chi connectivity index (χ4v) is 4.31. The summed E-state index contributed by atoms with van der Waals surface area (Å²) in [5.41, 5.74) is 4.19. The second-order valence-corrected chi connectivity index (χ2v) is 8.31. The van der Waals surface area contributed by atoms with Crippen LogP contribution in [0.5, 0.6) is 11.5 Å². The first-order valence-electron chi connectivity index (χ1n) is 10.5. The molecule has 1 heterocycles. The predicted molar refractivity (Wildman–Crippen MR) is 127 cm³/mol. The summed E-state index contributed by atoms with van der Waals surface area (Å²) in [5, 5.41) is 21.1. The summed E-state index contributed by atoms with van der Waals surface area (Å²) in [4.78, 5) is 28.0. The van der Waals surface area contributed by atoms with Gasteiger partial charge in [0.1, 0.15) is 17.3 Å². The van der Waals surface area contributed by atoms with Gasteiger partial charge < -0.3 is 14.9 Å². The molecule has 168 valence electrons. The zero-order valence-electron chi connectivity index (χ0n) is 18.9. The minimum atomic E-state index is -0.878. The number of rotatable bonds is 4. The molecule has 0 aliphatic carbocycles. The molecular formula is C27H25NO5. The van der Waals surface area contributed by atoms with Crippen LogP contribution in [-0.2, 0) is 9.59 Å². The normalized spacial score (nSPS) is 17.5. The minimum absolute atomic E-state index is 0.0336. The number of methoxy groups -OCH3 is 1. The summed E-state index contributed by atoms with van der Waals surface area (Å²) in [5.74, 6) is -1.37. The van der Waals surface area contributed by atoms with Crippen LogP contribution in [0.25, 0.3) is 5.76 Å². The van der Waals surface area contributed by atoms with Gasteiger partial charge in [0.25, 0.3) is 11.7 Å². The number of phenolic OH excluding ortho intramolecular Hbond substituents is 1. The van der Waals surface area contributed by atoms with E-state index in [4.69, 9.17) is 4.74 Å². The van der Waals surface area contributed by atoms with Crippen molar-refractivity contribution in [1.82, 2.24) is 0 Å². The van der Waals surface area contributed by atoms with Gasteiger partial charge in [-0.05, 0) is 73.9 Å². The SMILES string of the molecule is COc1ccc(C)cc1/C(O)=C1\C(=O)C(=O)N(c2cc(C)cc(C)c2)C1c1ccc(O)cc1. The van der Waals surface area contributed by atoms with Gasteiger partial charge in [-0.2, -0.15) is 0 Å². The average Bonchev–Trinajstić information content (AvgIpc) is 3.03. The molecule has 2 N–H and O–H groups in total. The van der Waals surface area contributed by atoms with Crippen molar-refractivity contribution in [2.75, 3.05) is 12.0 Å². The summed E-state index contributed by atoms with van der Waals surface area (Å²) >= 11 is 0. The van der Waals surface area contributed by atoms with Crippen LogP contribution in [0.3, 0.4) is 0 Å². The molecule has 6 heteroatoms. The van der Waals surface area contributed by atoms with Crippen molar-refractivity contribution in [3.63, 3.8) is 0 Å². The van der Waals surface area contributed by atoms with E-state index in [0.29, 0.717) is 22.6 Å². The third-order valence-corrected chi connectivity index (χ3v) is 5.75. The van der Waals surface area contributed by atoms with Crippen LogP contribution in [0.1, 0.15) is 33.9 Å². The number of hydrogen-bond donors (Lipinski definition) is 2. The Morgan fingerprint density at radius 1 is 0.879 bits per heavy atom. The lowest BCUT2D eigenvalue weighted by molar-refractivity contribution is -0.132. The maximum absolute atomic E-state index is 13.3. The topological polar surface area (TPSA) is 87.1 Å². The van der Waals surface area contributed by atoms with Crippen molar-refractivity contribution in [2.45, 2.75) is 26.8 Å². The van der Waals surface area contributed by atoms with Crippen molar-refractivity contribution >= 4 is 23.1 Å². The van der Waals surface area contributed by atoms with E-state index in [1.165, 1.54) is 24.1 Å². The number of carbonyl (C=O) groups excluding carboxylic acids is 2. The average molecular weight is 443 g/mol. The largest absolute Gasteiger partial charge is 0.508 e. The van der Waals surface area contributed by atoms with E-state index in [2.05, 4.69) is 0 Å². The Morgan fingerprint density at radius 2 is 1.52 bits per heavy atom. The molecule has 33 heavy (non-hydrogen) atoms. The number of carbonyl (C=O) groups is 2. The lowest BCUT2D eigenvalue weighted by Crippen LogP contribution is -2.29. The number of amides is 1. The van der Waals surface area contributed by atoms with Gasteiger partial charge in [-0.15, -0.1) is 0 Å². The molecule has 1 saturated heterocycles. The molecule has 1 amide bonds. The molecule has 1 atom stereocenters. The highest BCUT2D eigenvalue weighted by Crippen LogP contribution is 2.44. The number of aromatic hydroxyl groups is 1. The summed E-state index contributed by atoms with van der Waals surface area (Å²) in [6.07, 6.45) is 0. The summed E-state index contributed by atoms with van der Waals surface area (Å²) in [6, 6.07) is 16.3. The van der Waals surface area contributed by atoms with E-state index < -0.39 is 17.7 Å². The molecule has 4 rings (SSSR count). The molecule has 1 unspecified atom stereocenters. The number of nitrogens with zero attached hydrogens (tertiary/aromatic N) is 1. The van der Waals surface area contributed by atoms with E-state index in [1.54, 1.807) is 24.3 Å². The third-order valence-electron chi connectivity index (χ3n) is 5.75. The zero-order chi connectivity index (χ0) is 23.9. The molecule has 1 aliphatic heterocycles. The van der Waals surface area contributed by atoms with Crippen LogP contribution in [0, 0.1) is 20.8 Å². The number of Topliss-reactive ketones (excluding diaryl/α,β-unsaturated/α-hetero) is 1. The summed E-state index contributed by atoms with van der Waals surface area (Å²) in [7, 11) is 1.48. The third kappa shape index (κ3) is 3.96. The first-order chi connectivity index (χ1) is 15.7. The molecule has 0 spiro atoms. The lowest BCUT2D eigenvalue weighted by atomic mass is 9.94. The Labute approximate surface area is 192 Å². The van der Waals surface area contributed by atoms with Gasteiger partial charge in [0.05, 0.1) is 24.3 Å². The zero-order valence-corrected chi connectivity index (χ0v) is 18.9. The number of aliphatic hydroxyl groups is 1. The highest BCUT2D eigenvalue weighted by atomic mass is 16.5. The number of anilines is 1. The van der Waals surface area contributed by atoms with Crippen LogP contribution in [0.2, 0.25) is 0 Å². The van der Waals surface area contributed by atoms with Crippen molar-refractivity contribution in [1.29, 1.82) is 0 Å². The fraction of sp³-hybridized carbons (Fsp3) is 0.185. The first-order valence-corrected chi connectivity index (χ1v) is 10.5. The summed E-state index contributed by atoms with van der Waals surface area (Å²) in [6.45, 7) is 5.70. The first kappa shape index (κ1) is 22.1. The van der Waals surface area contributed by atoms with Gasteiger partial charge in [-0.25, -0.2) is 0 Å². The molecule has 3 aromatic rings. The number of aryl methyl sites for hydroxylation is 3. The van der Waals surface area contributed by atoms with Crippen LogP contribution in [0.4, 0.5) is 5.69 Å².